The van der Waals surface area contributed by atoms with Crippen molar-refractivity contribution in [2.75, 3.05) is 26.7 Å². The van der Waals surface area contributed by atoms with Gasteiger partial charge in [-0.05, 0) is 36.5 Å². The summed E-state index contributed by atoms with van der Waals surface area (Å²) in [6, 6.07) is 16.2. The van der Waals surface area contributed by atoms with Crippen LogP contribution in [0.1, 0.15) is 46.0 Å². The first-order valence-electron chi connectivity index (χ1n) is 10.3. The second kappa shape index (κ2) is 10.1. The Morgan fingerprint density at radius 1 is 0.967 bits per heavy atom. The first kappa shape index (κ1) is 21.6. The van der Waals surface area contributed by atoms with E-state index in [1.54, 1.807) is 41.1 Å². The van der Waals surface area contributed by atoms with Crippen molar-refractivity contribution in [2.24, 2.45) is 5.92 Å². The van der Waals surface area contributed by atoms with Crippen molar-refractivity contribution in [3.8, 4) is 0 Å². The number of esters is 1. The van der Waals surface area contributed by atoms with Gasteiger partial charge >= 0.3 is 5.97 Å². The van der Waals surface area contributed by atoms with E-state index in [1.807, 2.05) is 30.3 Å². The van der Waals surface area contributed by atoms with Crippen molar-refractivity contribution in [3.05, 3.63) is 71.3 Å². The topological polar surface area (TPSA) is 66.9 Å². The standard InChI is InChI=1S/C24H28N2O4/c1-18-12-14-26(15-13-18)22(27)17-30-24(29)21-11-7-6-10-20(21)23(28)25(2)16-19-8-4-3-5-9-19/h3-11,18H,12-17H2,1-2H3. The number of ether oxygens (including phenoxy) is 1. The molecule has 30 heavy (non-hydrogen) atoms. The van der Waals surface area contributed by atoms with Gasteiger partial charge in [0.15, 0.2) is 6.61 Å². The fourth-order valence-corrected chi connectivity index (χ4v) is 3.54. The van der Waals surface area contributed by atoms with Crippen molar-refractivity contribution in [1.29, 1.82) is 0 Å². The highest BCUT2D eigenvalue weighted by Crippen LogP contribution is 2.17. The minimum Gasteiger partial charge on any atom is -0.452 e. The van der Waals surface area contributed by atoms with Crippen LogP contribution in [0.25, 0.3) is 0 Å². The van der Waals surface area contributed by atoms with Gasteiger partial charge in [-0.3, -0.25) is 9.59 Å². The van der Waals surface area contributed by atoms with E-state index in [1.165, 1.54) is 0 Å². The molecule has 6 heteroatoms. The zero-order chi connectivity index (χ0) is 21.5. The van der Waals surface area contributed by atoms with E-state index in [4.69, 9.17) is 4.74 Å². The number of benzene rings is 2. The Bertz CT molecular complexity index is 889. The first-order chi connectivity index (χ1) is 14.5. The normalized spacial score (nSPS) is 14.3. The molecular weight excluding hydrogens is 380 g/mol. The highest BCUT2D eigenvalue weighted by atomic mass is 16.5. The monoisotopic (exact) mass is 408 g/mol. The summed E-state index contributed by atoms with van der Waals surface area (Å²) >= 11 is 0. The van der Waals surface area contributed by atoms with Crippen LogP contribution >= 0.6 is 0 Å². The highest BCUT2D eigenvalue weighted by Gasteiger charge is 2.24. The van der Waals surface area contributed by atoms with Crippen LogP contribution in [-0.4, -0.2) is 54.3 Å². The number of hydrogen-bond donors (Lipinski definition) is 0. The van der Waals surface area contributed by atoms with Crippen LogP contribution < -0.4 is 0 Å². The van der Waals surface area contributed by atoms with E-state index in [0.717, 1.165) is 18.4 Å². The van der Waals surface area contributed by atoms with Crippen molar-refractivity contribution in [3.63, 3.8) is 0 Å². The lowest BCUT2D eigenvalue weighted by Gasteiger charge is -2.30. The Kier molecular flexibility index (Phi) is 7.22. The summed E-state index contributed by atoms with van der Waals surface area (Å²) in [5, 5.41) is 0. The molecule has 2 aromatic rings. The number of carbonyl (C=O) groups excluding carboxylic acids is 3. The zero-order valence-corrected chi connectivity index (χ0v) is 17.5. The number of nitrogens with zero attached hydrogens (tertiary/aromatic N) is 2. The van der Waals surface area contributed by atoms with Gasteiger partial charge in [-0.15, -0.1) is 0 Å². The molecule has 0 atom stereocenters. The number of rotatable bonds is 6. The third-order valence-corrected chi connectivity index (χ3v) is 5.45. The molecule has 1 saturated heterocycles. The van der Waals surface area contributed by atoms with Gasteiger partial charge in [-0.1, -0.05) is 49.4 Å². The van der Waals surface area contributed by atoms with Gasteiger partial charge in [0.05, 0.1) is 11.1 Å². The van der Waals surface area contributed by atoms with Gasteiger partial charge in [0.2, 0.25) is 0 Å². The van der Waals surface area contributed by atoms with Crippen LogP contribution in [0.5, 0.6) is 0 Å². The molecule has 1 aliphatic heterocycles. The molecule has 1 fully saturated rings. The van der Waals surface area contributed by atoms with Crippen molar-refractivity contribution in [2.45, 2.75) is 26.3 Å². The molecule has 0 aromatic heterocycles. The van der Waals surface area contributed by atoms with Crippen molar-refractivity contribution < 1.29 is 19.1 Å². The number of hydrogen-bond acceptors (Lipinski definition) is 4. The molecule has 0 saturated carbocycles. The molecule has 2 aromatic carbocycles. The Hall–Kier alpha value is -3.15. The van der Waals surface area contributed by atoms with Gasteiger partial charge in [0.1, 0.15) is 0 Å². The highest BCUT2D eigenvalue weighted by molar-refractivity contribution is 6.05. The Labute approximate surface area is 177 Å². The second-order valence-electron chi connectivity index (χ2n) is 7.83. The molecule has 6 nitrogen and oxygen atoms in total. The molecule has 0 spiro atoms. The van der Waals surface area contributed by atoms with E-state index in [-0.39, 0.29) is 29.5 Å². The molecule has 0 unspecified atom stereocenters. The Morgan fingerprint density at radius 2 is 1.57 bits per heavy atom. The van der Waals surface area contributed by atoms with E-state index >= 15 is 0 Å². The van der Waals surface area contributed by atoms with Crippen LogP contribution in [0.2, 0.25) is 0 Å². The average Bonchev–Trinajstić information content (AvgIpc) is 2.78. The maximum atomic E-state index is 12.9. The predicted molar refractivity (Wildman–Crippen MR) is 114 cm³/mol. The predicted octanol–water partition coefficient (Wildman–Crippen LogP) is 3.37. The lowest BCUT2D eigenvalue weighted by Crippen LogP contribution is -2.40. The minimum atomic E-state index is -0.661. The van der Waals surface area contributed by atoms with E-state index in [0.29, 0.717) is 25.6 Å². The smallest absolute Gasteiger partial charge is 0.339 e. The molecule has 0 radical (unpaired) electrons. The fourth-order valence-electron chi connectivity index (χ4n) is 3.54. The summed E-state index contributed by atoms with van der Waals surface area (Å²) in [4.78, 5) is 41.2. The molecule has 158 valence electrons. The third kappa shape index (κ3) is 5.47. The van der Waals surface area contributed by atoms with E-state index < -0.39 is 5.97 Å². The largest absolute Gasteiger partial charge is 0.452 e. The van der Waals surface area contributed by atoms with Crippen LogP contribution in [-0.2, 0) is 16.1 Å². The van der Waals surface area contributed by atoms with Gasteiger partial charge in [-0.2, -0.15) is 0 Å². The zero-order valence-electron chi connectivity index (χ0n) is 17.5. The molecule has 1 aliphatic rings. The number of amides is 2. The SMILES string of the molecule is CC1CCN(C(=O)COC(=O)c2ccccc2C(=O)N(C)Cc2ccccc2)CC1. The van der Waals surface area contributed by atoms with E-state index in [9.17, 15) is 14.4 Å². The summed E-state index contributed by atoms with van der Waals surface area (Å²) < 4.78 is 5.26. The second-order valence-corrected chi connectivity index (χ2v) is 7.83. The first-order valence-corrected chi connectivity index (χ1v) is 10.3. The lowest BCUT2D eigenvalue weighted by molar-refractivity contribution is -0.135. The average molecular weight is 408 g/mol. The summed E-state index contributed by atoms with van der Waals surface area (Å²) in [5.41, 5.74) is 1.43. The van der Waals surface area contributed by atoms with Gasteiger partial charge in [-0.25, -0.2) is 4.79 Å². The summed E-state index contributed by atoms with van der Waals surface area (Å²) in [6.45, 7) is 3.67. The van der Waals surface area contributed by atoms with Crippen LogP contribution in [0.15, 0.2) is 54.6 Å². The maximum absolute atomic E-state index is 12.9. The number of carbonyl (C=O) groups is 3. The molecule has 1 heterocycles. The van der Waals surface area contributed by atoms with Crippen LogP contribution in [0.3, 0.4) is 0 Å². The third-order valence-electron chi connectivity index (χ3n) is 5.45. The molecule has 3 rings (SSSR count). The van der Waals surface area contributed by atoms with Crippen molar-refractivity contribution in [1.82, 2.24) is 9.80 Å². The lowest BCUT2D eigenvalue weighted by atomic mass is 9.99. The molecular formula is C24H28N2O4. The van der Waals surface area contributed by atoms with Crippen LogP contribution in [0.4, 0.5) is 0 Å². The summed E-state index contributed by atoms with van der Waals surface area (Å²) in [7, 11) is 1.69. The molecule has 0 bridgehead atoms. The molecule has 0 aliphatic carbocycles. The Morgan fingerprint density at radius 3 is 2.23 bits per heavy atom. The maximum Gasteiger partial charge on any atom is 0.339 e. The fraction of sp³-hybridized carbons (Fsp3) is 0.375. The van der Waals surface area contributed by atoms with Gasteiger partial charge in [0, 0.05) is 26.7 Å². The quantitative estimate of drug-likeness (QED) is 0.688. The van der Waals surface area contributed by atoms with Gasteiger partial charge < -0.3 is 14.5 Å². The number of piperidine rings is 1. The van der Waals surface area contributed by atoms with Gasteiger partial charge in [0.25, 0.3) is 11.8 Å². The number of likely N-dealkylation sites (tertiary alicyclic amines) is 1. The van der Waals surface area contributed by atoms with Crippen molar-refractivity contribution >= 4 is 17.8 Å². The summed E-state index contributed by atoms with van der Waals surface area (Å²) in [5.74, 6) is -0.517. The van der Waals surface area contributed by atoms with Crippen LogP contribution in [0, 0.1) is 5.92 Å². The molecule has 2 amide bonds. The Balaban J connectivity index is 1.63. The molecule has 0 N–H and O–H groups in total. The minimum absolute atomic E-state index is 0.169. The summed E-state index contributed by atoms with van der Waals surface area (Å²) in [6.07, 6.45) is 1.93. The van der Waals surface area contributed by atoms with E-state index in [2.05, 4.69) is 6.92 Å².